The van der Waals surface area contributed by atoms with Crippen LogP contribution in [0.25, 0.3) is 0 Å². The number of nitrogens with zero attached hydrogens (tertiary/aromatic N) is 1. The van der Waals surface area contributed by atoms with E-state index in [-0.39, 0.29) is 49.5 Å². The average molecular weight is 649 g/mol. The summed E-state index contributed by atoms with van der Waals surface area (Å²) in [5.74, 6) is -0.683. The Hall–Kier alpha value is -3.33. The number of halogens is 1. The summed E-state index contributed by atoms with van der Waals surface area (Å²) in [6, 6.07) is 12.2. The maximum absolute atomic E-state index is 12.3. The molecule has 1 saturated carbocycles. The van der Waals surface area contributed by atoms with Gasteiger partial charge in [0.2, 0.25) is 5.91 Å². The van der Waals surface area contributed by atoms with Gasteiger partial charge in [-0.3, -0.25) is 15.2 Å². The molecular formula is C32H41ClN2O10. The van der Waals surface area contributed by atoms with E-state index in [1.807, 2.05) is 12.2 Å². The third-order valence-corrected chi connectivity index (χ3v) is 7.49. The van der Waals surface area contributed by atoms with Gasteiger partial charge in [-0.05, 0) is 68.0 Å². The first-order valence-corrected chi connectivity index (χ1v) is 15.1. The SMILES string of the molecule is CC(NC(=O)CCC/C=C\C[C@@H]1[C@@H](/C=C/[C@@H](O)COc2cccc(Cl)c2)[C@H](O)C[C@@H]1O)C(=O)Oc1ccc(CON(O)O)cc1. The lowest BCUT2D eigenvalue weighted by atomic mass is 9.89. The first kappa shape index (κ1) is 36.1. The number of rotatable bonds is 17. The first-order valence-electron chi connectivity index (χ1n) is 14.7. The van der Waals surface area contributed by atoms with Crippen LogP contribution in [0.5, 0.6) is 11.5 Å². The lowest BCUT2D eigenvalue weighted by Crippen LogP contribution is -2.40. The molecule has 0 saturated heterocycles. The normalized spacial score (nSPS) is 21.3. The predicted octanol–water partition coefficient (Wildman–Crippen LogP) is 3.73. The molecule has 0 aliphatic heterocycles. The van der Waals surface area contributed by atoms with E-state index in [0.717, 1.165) is 0 Å². The van der Waals surface area contributed by atoms with Gasteiger partial charge < -0.3 is 30.1 Å². The predicted molar refractivity (Wildman–Crippen MR) is 163 cm³/mol. The lowest BCUT2D eigenvalue weighted by Gasteiger charge is -2.19. The van der Waals surface area contributed by atoms with Crippen LogP contribution in [-0.2, 0) is 21.0 Å². The maximum Gasteiger partial charge on any atom is 0.333 e. The summed E-state index contributed by atoms with van der Waals surface area (Å²) in [6.45, 7) is 1.44. The summed E-state index contributed by atoms with van der Waals surface area (Å²) in [5.41, 5.74) is 0.610. The number of hydrogen-bond acceptors (Lipinski definition) is 11. The van der Waals surface area contributed by atoms with Gasteiger partial charge in [0, 0.05) is 23.8 Å². The fourth-order valence-electron chi connectivity index (χ4n) is 4.87. The zero-order valence-electron chi connectivity index (χ0n) is 24.9. The molecule has 0 bridgehead atoms. The number of allylic oxidation sites excluding steroid dienone is 2. The molecule has 12 nitrogen and oxygen atoms in total. The second-order valence-electron chi connectivity index (χ2n) is 10.8. The molecule has 45 heavy (non-hydrogen) atoms. The molecule has 1 aliphatic rings. The highest BCUT2D eigenvalue weighted by atomic mass is 35.5. The average Bonchev–Trinajstić information content (AvgIpc) is 3.27. The van der Waals surface area contributed by atoms with Gasteiger partial charge in [-0.1, -0.05) is 54.1 Å². The summed E-state index contributed by atoms with van der Waals surface area (Å²) >= 11 is 5.94. The molecule has 6 N–H and O–H groups in total. The Morgan fingerprint density at radius 2 is 1.84 bits per heavy atom. The number of aliphatic hydroxyl groups is 3. The summed E-state index contributed by atoms with van der Waals surface area (Å²) in [4.78, 5) is 29.2. The Bertz CT molecular complexity index is 1270. The Morgan fingerprint density at radius 3 is 2.56 bits per heavy atom. The Kier molecular flexibility index (Phi) is 14.9. The monoisotopic (exact) mass is 648 g/mol. The van der Waals surface area contributed by atoms with Crippen molar-refractivity contribution in [3.05, 3.63) is 83.4 Å². The molecule has 0 aromatic heterocycles. The minimum absolute atomic E-state index is 0.0168. The largest absolute Gasteiger partial charge is 0.491 e. The van der Waals surface area contributed by atoms with Crippen molar-refractivity contribution >= 4 is 23.5 Å². The van der Waals surface area contributed by atoms with Crippen molar-refractivity contribution in [1.29, 1.82) is 0 Å². The van der Waals surface area contributed by atoms with Gasteiger partial charge in [0.15, 0.2) is 0 Å². The quantitative estimate of drug-likeness (QED) is 0.0484. The number of hydrogen-bond donors (Lipinski definition) is 6. The topological polar surface area (TPSA) is 178 Å². The number of carbonyl (C=O) groups is 2. The van der Waals surface area contributed by atoms with Crippen LogP contribution in [0.3, 0.4) is 0 Å². The van der Waals surface area contributed by atoms with Crippen molar-refractivity contribution < 1.29 is 49.6 Å². The van der Waals surface area contributed by atoms with Gasteiger partial charge >= 0.3 is 5.97 Å². The van der Waals surface area contributed by atoms with Crippen molar-refractivity contribution in [3.63, 3.8) is 0 Å². The van der Waals surface area contributed by atoms with E-state index in [4.69, 9.17) is 31.5 Å². The van der Waals surface area contributed by atoms with Crippen LogP contribution in [0.4, 0.5) is 0 Å². The van der Waals surface area contributed by atoms with Crippen molar-refractivity contribution in [3.8, 4) is 11.5 Å². The zero-order valence-corrected chi connectivity index (χ0v) is 25.7. The number of amides is 1. The van der Waals surface area contributed by atoms with E-state index < -0.39 is 35.7 Å². The minimum atomic E-state index is -0.902. The van der Waals surface area contributed by atoms with E-state index >= 15 is 0 Å². The van der Waals surface area contributed by atoms with Crippen LogP contribution < -0.4 is 14.8 Å². The number of carbonyl (C=O) groups excluding carboxylic acids is 2. The Labute approximate surface area is 267 Å². The summed E-state index contributed by atoms with van der Waals surface area (Å²) < 4.78 is 10.8. The van der Waals surface area contributed by atoms with Gasteiger partial charge in [0.05, 0.1) is 24.2 Å². The van der Waals surface area contributed by atoms with Crippen LogP contribution in [-0.4, -0.2) is 74.0 Å². The van der Waals surface area contributed by atoms with E-state index in [9.17, 15) is 24.9 Å². The van der Waals surface area contributed by atoms with Gasteiger partial charge in [-0.2, -0.15) is 0 Å². The minimum Gasteiger partial charge on any atom is -0.491 e. The van der Waals surface area contributed by atoms with Crippen molar-refractivity contribution in [1.82, 2.24) is 10.7 Å². The van der Waals surface area contributed by atoms with Gasteiger partial charge in [-0.15, -0.1) is 0 Å². The van der Waals surface area contributed by atoms with E-state index in [1.165, 1.54) is 19.1 Å². The smallest absolute Gasteiger partial charge is 0.333 e. The standard InChI is InChI=1S/C32H41ClN2O10/c1-21(32(40)45-25-14-11-22(12-15-25)19-44-35(41)42)34-31(39)10-5-3-2-4-9-27-28(30(38)18-29(27)37)16-13-24(36)20-43-26-8-6-7-23(33)17-26/h2,4,6-8,11-17,21,24,27-30,36-38,41-42H,3,5,9-10,18-20H2,1H3,(H,34,39)/b4-2-,16-13+/t21?,24-,27-,28-,29+,30-/m1/s1. The first-order chi connectivity index (χ1) is 21.5. The van der Waals surface area contributed by atoms with Gasteiger partial charge in [0.1, 0.15) is 30.3 Å². The molecular weight excluding hydrogens is 608 g/mol. The molecule has 1 fully saturated rings. The molecule has 3 rings (SSSR count). The van der Waals surface area contributed by atoms with E-state index in [2.05, 4.69) is 10.2 Å². The van der Waals surface area contributed by atoms with Crippen molar-refractivity contribution in [2.45, 2.75) is 70.0 Å². The fraction of sp³-hybridized carbons (Fsp3) is 0.438. The Balaban J connectivity index is 1.35. The van der Waals surface area contributed by atoms with Crippen molar-refractivity contribution in [2.24, 2.45) is 11.8 Å². The fourth-order valence-corrected chi connectivity index (χ4v) is 5.05. The van der Waals surface area contributed by atoms with Crippen LogP contribution in [0, 0.1) is 11.8 Å². The molecule has 13 heteroatoms. The van der Waals surface area contributed by atoms with E-state index in [1.54, 1.807) is 48.6 Å². The third-order valence-electron chi connectivity index (χ3n) is 7.26. The maximum atomic E-state index is 12.3. The number of benzene rings is 2. The molecule has 1 aliphatic carbocycles. The number of unbranched alkanes of at least 4 members (excludes halogenated alkanes) is 1. The zero-order chi connectivity index (χ0) is 32.8. The molecule has 2 aromatic carbocycles. The molecule has 246 valence electrons. The molecule has 1 unspecified atom stereocenters. The van der Waals surface area contributed by atoms with Crippen LogP contribution in [0.15, 0.2) is 72.8 Å². The number of ether oxygens (including phenoxy) is 2. The highest BCUT2D eigenvalue weighted by Gasteiger charge is 2.39. The molecule has 0 radical (unpaired) electrons. The van der Waals surface area contributed by atoms with Gasteiger partial charge in [0.25, 0.3) is 0 Å². The Morgan fingerprint density at radius 1 is 1.09 bits per heavy atom. The van der Waals surface area contributed by atoms with Crippen LogP contribution >= 0.6 is 11.6 Å². The van der Waals surface area contributed by atoms with Crippen LogP contribution in [0.2, 0.25) is 5.02 Å². The van der Waals surface area contributed by atoms with Crippen molar-refractivity contribution in [2.75, 3.05) is 6.61 Å². The summed E-state index contributed by atoms with van der Waals surface area (Å²) in [7, 11) is 0. The van der Waals surface area contributed by atoms with E-state index in [0.29, 0.717) is 35.6 Å². The second-order valence-corrected chi connectivity index (χ2v) is 11.2. The summed E-state index contributed by atoms with van der Waals surface area (Å²) in [5, 5.41) is 51.2. The second kappa shape index (κ2) is 18.6. The van der Waals surface area contributed by atoms with Crippen LogP contribution in [0.1, 0.15) is 44.6 Å². The molecule has 6 atom stereocenters. The molecule has 0 spiro atoms. The number of nitrogens with one attached hydrogen (secondary N) is 1. The van der Waals surface area contributed by atoms with Gasteiger partial charge in [-0.25, -0.2) is 9.63 Å². The molecule has 1 amide bonds. The number of aliphatic hydroxyl groups excluding tert-OH is 3. The highest BCUT2D eigenvalue weighted by molar-refractivity contribution is 6.30. The molecule has 2 aromatic rings. The highest BCUT2D eigenvalue weighted by Crippen LogP contribution is 2.36. The number of esters is 1. The summed E-state index contributed by atoms with van der Waals surface area (Å²) in [6.07, 6.45) is 6.96. The molecule has 0 heterocycles. The lowest BCUT2D eigenvalue weighted by molar-refractivity contribution is -0.497. The third kappa shape index (κ3) is 12.9.